The highest BCUT2D eigenvalue weighted by Gasteiger charge is 2.16. The minimum absolute atomic E-state index is 0.207. The normalized spacial score (nSPS) is 10.3. The Balaban J connectivity index is 2.54. The molecule has 6 heteroatoms. The summed E-state index contributed by atoms with van der Waals surface area (Å²) >= 11 is 1.64. The Labute approximate surface area is 120 Å². The van der Waals surface area contributed by atoms with Crippen LogP contribution < -0.4 is 5.43 Å². The van der Waals surface area contributed by atoms with Gasteiger partial charge in [-0.25, -0.2) is 9.48 Å². The van der Waals surface area contributed by atoms with E-state index in [-0.39, 0.29) is 5.69 Å². The molecular formula is C14H14N2O3S. The third kappa shape index (κ3) is 2.75. The highest BCUT2D eigenvalue weighted by Crippen LogP contribution is 2.16. The van der Waals surface area contributed by atoms with Gasteiger partial charge in [0.1, 0.15) is 0 Å². The van der Waals surface area contributed by atoms with Gasteiger partial charge in [-0.3, -0.25) is 4.79 Å². The summed E-state index contributed by atoms with van der Waals surface area (Å²) in [5.41, 5.74) is 0.598. The number of nitrogens with zero attached hydrogens (tertiary/aromatic N) is 2. The molecule has 0 radical (unpaired) electrons. The average Bonchev–Trinajstić information content (AvgIpc) is 2.49. The van der Waals surface area contributed by atoms with Gasteiger partial charge in [0.25, 0.3) is 0 Å². The Hall–Kier alpha value is -2.08. The zero-order valence-corrected chi connectivity index (χ0v) is 12.2. The summed E-state index contributed by atoms with van der Waals surface area (Å²) in [5.74, 6) is -0.729. The Morgan fingerprint density at radius 2 is 1.95 bits per heavy atom. The van der Waals surface area contributed by atoms with E-state index in [1.165, 1.54) is 11.8 Å². The third-order valence-electron chi connectivity index (χ3n) is 2.81. The lowest BCUT2D eigenvalue weighted by atomic mass is 10.2. The zero-order chi connectivity index (χ0) is 14.7. The maximum atomic E-state index is 11.9. The fraction of sp³-hybridized carbons (Fsp3) is 0.214. The summed E-state index contributed by atoms with van der Waals surface area (Å²) in [4.78, 5) is 24.6. The van der Waals surface area contributed by atoms with Crippen molar-refractivity contribution in [1.29, 1.82) is 0 Å². The minimum atomic E-state index is -0.729. The average molecular weight is 290 g/mol. The molecule has 0 N–H and O–H groups in total. The van der Waals surface area contributed by atoms with Crippen LogP contribution in [-0.4, -0.2) is 29.1 Å². The van der Waals surface area contributed by atoms with Gasteiger partial charge in [-0.05, 0) is 37.4 Å². The number of thioether (sulfide) groups is 1. The van der Waals surface area contributed by atoms with Crippen molar-refractivity contribution < 1.29 is 9.53 Å². The summed E-state index contributed by atoms with van der Waals surface area (Å²) in [6, 6.07) is 7.66. The van der Waals surface area contributed by atoms with Crippen LogP contribution in [0.25, 0.3) is 5.69 Å². The molecule has 0 aliphatic heterocycles. The van der Waals surface area contributed by atoms with Gasteiger partial charge in [-0.2, -0.15) is 5.10 Å². The number of benzene rings is 1. The number of hydrogen-bond acceptors (Lipinski definition) is 5. The number of esters is 1. The minimum Gasteiger partial charge on any atom is -0.464 e. The number of rotatable bonds is 3. The smallest absolute Gasteiger partial charge is 0.362 e. The number of carbonyl (C=O) groups excluding carboxylic acids is 1. The lowest BCUT2D eigenvalue weighted by molar-refractivity contribution is 0.0590. The van der Waals surface area contributed by atoms with Gasteiger partial charge in [0.05, 0.1) is 12.8 Å². The number of ether oxygens (including phenoxy) is 1. The monoisotopic (exact) mass is 290 g/mol. The van der Waals surface area contributed by atoms with Gasteiger partial charge in [0.2, 0.25) is 11.1 Å². The molecule has 1 heterocycles. The molecule has 0 unspecified atom stereocenters. The fourth-order valence-electron chi connectivity index (χ4n) is 1.71. The number of aryl methyl sites for hydroxylation is 1. The van der Waals surface area contributed by atoms with Crippen LogP contribution in [0.5, 0.6) is 0 Å². The first-order valence-corrected chi connectivity index (χ1v) is 7.12. The van der Waals surface area contributed by atoms with E-state index in [0.29, 0.717) is 5.56 Å². The van der Waals surface area contributed by atoms with Crippen molar-refractivity contribution in [2.75, 3.05) is 13.4 Å². The van der Waals surface area contributed by atoms with Crippen molar-refractivity contribution in [2.24, 2.45) is 0 Å². The molecule has 1 aromatic carbocycles. The quantitative estimate of drug-likeness (QED) is 0.639. The van der Waals surface area contributed by atoms with E-state index < -0.39 is 11.4 Å². The van der Waals surface area contributed by atoms with Gasteiger partial charge < -0.3 is 4.74 Å². The van der Waals surface area contributed by atoms with Crippen LogP contribution in [0, 0.1) is 6.92 Å². The van der Waals surface area contributed by atoms with E-state index in [4.69, 9.17) is 0 Å². The van der Waals surface area contributed by atoms with Crippen molar-refractivity contribution in [3.63, 3.8) is 0 Å². The highest BCUT2D eigenvalue weighted by molar-refractivity contribution is 7.98. The van der Waals surface area contributed by atoms with Crippen molar-refractivity contribution in [3.05, 3.63) is 51.9 Å². The first-order chi connectivity index (χ1) is 9.56. The van der Waals surface area contributed by atoms with Crippen LogP contribution in [-0.2, 0) is 4.74 Å². The van der Waals surface area contributed by atoms with Crippen LogP contribution in [0.15, 0.2) is 40.2 Å². The van der Waals surface area contributed by atoms with Gasteiger partial charge in [-0.1, -0.05) is 0 Å². The van der Waals surface area contributed by atoms with E-state index in [0.717, 1.165) is 10.6 Å². The van der Waals surface area contributed by atoms with Crippen LogP contribution in [0.1, 0.15) is 16.1 Å². The fourth-order valence-corrected chi connectivity index (χ4v) is 2.12. The molecule has 5 nitrogen and oxygen atoms in total. The number of aromatic nitrogens is 2. The maximum Gasteiger partial charge on any atom is 0.362 e. The second kappa shape index (κ2) is 5.92. The molecule has 20 heavy (non-hydrogen) atoms. The van der Waals surface area contributed by atoms with Crippen molar-refractivity contribution in [2.45, 2.75) is 11.8 Å². The Morgan fingerprint density at radius 3 is 2.50 bits per heavy atom. The van der Waals surface area contributed by atoms with E-state index in [1.54, 1.807) is 24.9 Å². The second-order valence-corrected chi connectivity index (χ2v) is 5.00. The molecule has 0 aliphatic rings. The number of hydrogen-bond donors (Lipinski definition) is 0. The second-order valence-electron chi connectivity index (χ2n) is 4.12. The molecule has 2 aromatic rings. The standard InChI is InChI=1S/C14H14N2O3S/c1-9-8-16(10-4-6-11(20-3)7-5-10)15-12(13(9)17)14(18)19-2/h4-8H,1-3H3. The molecule has 0 spiro atoms. The van der Waals surface area contributed by atoms with Gasteiger partial charge in [0, 0.05) is 16.7 Å². The van der Waals surface area contributed by atoms with Crippen molar-refractivity contribution in [3.8, 4) is 5.69 Å². The zero-order valence-electron chi connectivity index (χ0n) is 11.4. The summed E-state index contributed by atoms with van der Waals surface area (Å²) in [6.07, 6.45) is 3.59. The first kappa shape index (κ1) is 14.3. The molecular weight excluding hydrogens is 276 g/mol. The van der Waals surface area contributed by atoms with E-state index in [1.807, 2.05) is 30.5 Å². The topological polar surface area (TPSA) is 61.2 Å². The van der Waals surface area contributed by atoms with Gasteiger partial charge in [-0.15, -0.1) is 11.8 Å². The molecule has 0 saturated heterocycles. The van der Waals surface area contributed by atoms with E-state index in [9.17, 15) is 9.59 Å². The molecule has 0 fully saturated rings. The van der Waals surface area contributed by atoms with Gasteiger partial charge >= 0.3 is 5.97 Å². The summed E-state index contributed by atoms with van der Waals surface area (Å²) in [7, 11) is 1.23. The maximum absolute atomic E-state index is 11.9. The lowest BCUT2D eigenvalue weighted by Crippen LogP contribution is -2.24. The highest BCUT2D eigenvalue weighted by atomic mass is 32.2. The van der Waals surface area contributed by atoms with Crippen LogP contribution in [0.3, 0.4) is 0 Å². The molecule has 104 valence electrons. The lowest BCUT2D eigenvalue weighted by Gasteiger charge is -2.08. The molecule has 0 saturated carbocycles. The van der Waals surface area contributed by atoms with Crippen molar-refractivity contribution in [1.82, 2.24) is 9.78 Å². The number of methoxy groups -OCH3 is 1. The summed E-state index contributed by atoms with van der Waals surface area (Å²) < 4.78 is 6.09. The number of carbonyl (C=O) groups is 1. The van der Waals surface area contributed by atoms with Crippen LogP contribution in [0.2, 0.25) is 0 Å². The molecule has 0 bridgehead atoms. The summed E-state index contributed by atoms with van der Waals surface area (Å²) in [6.45, 7) is 1.64. The Bertz CT molecular complexity index is 693. The third-order valence-corrected chi connectivity index (χ3v) is 3.56. The predicted octanol–water partition coefficient (Wildman–Crippen LogP) is 2.05. The van der Waals surface area contributed by atoms with Crippen LogP contribution in [0.4, 0.5) is 0 Å². The van der Waals surface area contributed by atoms with Gasteiger partial charge in [0.15, 0.2) is 0 Å². The first-order valence-electron chi connectivity index (χ1n) is 5.90. The van der Waals surface area contributed by atoms with Crippen LogP contribution >= 0.6 is 11.8 Å². The molecule has 0 aliphatic carbocycles. The van der Waals surface area contributed by atoms with E-state index in [2.05, 4.69) is 9.84 Å². The molecule has 2 rings (SSSR count). The predicted molar refractivity (Wildman–Crippen MR) is 77.7 cm³/mol. The molecule has 0 amide bonds. The Morgan fingerprint density at radius 1 is 1.30 bits per heavy atom. The summed E-state index contributed by atoms with van der Waals surface area (Å²) in [5, 5.41) is 4.05. The largest absolute Gasteiger partial charge is 0.464 e. The van der Waals surface area contributed by atoms with Crippen molar-refractivity contribution >= 4 is 17.7 Å². The molecule has 0 atom stereocenters. The SMILES string of the molecule is COC(=O)c1nn(-c2ccc(SC)cc2)cc(C)c1=O. The van der Waals surface area contributed by atoms with E-state index >= 15 is 0 Å². The molecule has 1 aromatic heterocycles. The Kier molecular flexibility index (Phi) is 4.24.